The maximum absolute atomic E-state index is 10.1. The molecule has 1 unspecified atom stereocenters. The van der Waals surface area contributed by atoms with Crippen LogP contribution < -0.4 is 0 Å². The Labute approximate surface area is 270 Å². The first-order chi connectivity index (χ1) is 21.3. The van der Waals surface area contributed by atoms with Gasteiger partial charge < -0.3 is 19.7 Å². The normalized spacial score (nSPS) is 12.5. The van der Waals surface area contributed by atoms with Crippen LogP contribution in [0.2, 0.25) is 0 Å². The smallest absolute Gasteiger partial charge is 0.185 e. The third-order valence-corrected chi connectivity index (χ3v) is 9.06. The summed E-state index contributed by atoms with van der Waals surface area (Å²) in [4.78, 5) is 0. The van der Waals surface area contributed by atoms with Crippen molar-refractivity contribution in [2.75, 3.05) is 19.8 Å². The summed E-state index contributed by atoms with van der Waals surface area (Å²) >= 11 is 0. The first-order valence-corrected chi connectivity index (χ1v) is 19.8. The van der Waals surface area contributed by atoms with Crippen molar-refractivity contribution in [2.45, 2.75) is 232 Å². The van der Waals surface area contributed by atoms with Gasteiger partial charge in [0.25, 0.3) is 0 Å². The fourth-order valence-electron chi connectivity index (χ4n) is 6.06. The minimum Gasteiger partial charge on any atom is -0.393 e. The second kappa shape index (κ2) is 38.0. The largest absolute Gasteiger partial charge is 0.393 e. The summed E-state index contributed by atoms with van der Waals surface area (Å²) in [6, 6.07) is 0. The Morgan fingerprint density at radius 1 is 0.349 bits per heavy atom. The molecule has 0 saturated heterocycles. The van der Waals surface area contributed by atoms with Crippen LogP contribution in [0.4, 0.5) is 0 Å². The van der Waals surface area contributed by atoms with Gasteiger partial charge in [0.2, 0.25) is 0 Å². The molecule has 0 aromatic heterocycles. The highest BCUT2D eigenvalue weighted by molar-refractivity contribution is 4.59. The third-order valence-electron chi connectivity index (χ3n) is 9.06. The summed E-state index contributed by atoms with van der Waals surface area (Å²) in [5, 5.41) is 19.5. The summed E-state index contributed by atoms with van der Waals surface area (Å²) in [5.74, 6) is 0. The van der Waals surface area contributed by atoms with Gasteiger partial charge >= 0.3 is 0 Å². The molecule has 0 aliphatic carbocycles. The topological polar surface area (TPSA) is 58.9 Å². The van der Waals surface area contributed by atoms with E-state index in [2.05, 4.69) is 13.8 Å². The van der Waals surface area contributed by atoms with Crippen LogP contribution in [0.25, 0.3) is 0 Å². The second-order valence-corrected chi connectivity index (χ2v) is 13.5. The summed E-state index contributed by atoms with van der Waals surface area (Å²) in [6.45, 7) is 5.45. The highest BCUT2D eigenvalue weighted by Crippen LogP contribution is 2.16. The summed E-state index contributed by atoms with van der Waals surface area (Å²) in [7, 11) is 0. The van der Waals surface area contributed by atoms with Gasteiger partial charge in [-0.2, -0.15) is 0 Å². The maximum atomic E-state index is 10.1. The lowest BCUT2D eigenvalue weighted by atomic mass is 10.0. The van der Waals surface area contributed by atoms with Gasteiger partial charge in [-0.3, -0.25) is 0 Å². The van der Waals surface area contributed by atoms with Crippen molar-refractivity contribution in [3.8, 4) is 0 Å². The highest BCUT2D eigenvalue weighted by Gasteiger charge is 2.19. The van der Waals surface area contributed by atoms with Crippen LogP contribution in [0.1, 0.15) is 219 Å². The van der Waals surface area contributed by atoms with Gasteiger partial charge in [0.1, 0.15) is 6.10 Å². The van der Waals surface area contributed by atoms with Crippen molar-refractivity contribution in [3.05, 3.63) is 0 Å². The van der Waals surface area contributed by atoms with E-state index >= 15 is 0 Å². The molecule has 0 fully saturated rings. The van der Waals surface area contributed by atoms with E-state index in [0.29, 0.717) is 13.2 Å². The van der Waals surface area contributed by atoms with E-state index in [0.717, 1.165) is 12.8 Å². The van der Waals surface area contributed by atoms with Crippen molar-refractivity contribution in [1.82, 2.24) is 0 Å². The predicted molar refractivity (Wildman–Crippen MR) is 188 cm³/mol. The fraction of sp³-hybridized carbons (Fsp3) is 1.00. The zero-order valence-electron chi connectivity index (χ0n) is 29.6. The Balaban J connectivity index is 3.46. The molecule has 0 bridgehead atoms. The molecule has 0 aliphatic heterocycles. The zero-order chi connectivity index (χ0) is 31.3. The molecule has 43 heavy (non-hydrogen) atoms. The molecular weight excluding hydrogens is 532 g/mol. The molecule has 0 amide bonds. The number of hydrogen-bond acceptors (Lipinski definition) is 4. The first-order valence-electron chi connectivity index (χ1n) is 19.8. The Bertz CT molecular complexity index is 448. The Kier molecular flexibility index (Phi) is 37.9. The van der Waals surface area contributed by atoms with Crippen LogP contribution >= 0.6 is 0 Å². The Morgan fingerprint density at radius 2 is 0.558 bits per heavy atom. The van der Waals surface area contributed by atoms with E-state index in [-0.39, 0.29) is 6.61 Å². The van der Waals surface area contributed by atoms with Gasteiger partial charge in [0.05, 0.1) is 6.61 Å². The monoisotopic (exact) mass is 613 g/mol. The molecule has 0 radical (unpaired) electrons. The van der Waals surface area contributed by atoms with E-state index in [1.165, 1.54) is 193 Å². The van der Waals surface area contributed by atoms with Gasteiger partial charge in [-0.05, 0) is 12.8 Å². The van der Waals surface area contributed by atoms with Crippen molar-refractivity contribution >= 4 is 0 Å². The number of aliphatic hydroxyl groups is 2. The summed E-state index contributed by atoms with van der Waals surface area (Å²) in [6.07, 6.45) is 41.6. The molecule has 4 nitrogen and oxygen atoms in total. The van der Waals surface area contributed by atoms with E-state index in [9.17, 15) is 10.2 Å². The maximum Gasteiger partial charge on any atom is 0.185 e. The van der Waals surface area contributed by atoms with Crippen LogP contribution in [0.15, 0.2) is 0 Å². The quantitative estimate of drug-likeness (QED) is 0.0538. The van der Waals surface area contributed by atoms with Crippen molar-refractivity contribution in [3.63, 3.8) is 0 Å². The van der Waals surface area contributed by atoms with E-state index in [1.54, 1.807) is 0 Å². The zero-order valence-corrected chi connectivity index (χ0v) is 29.6. The van der Waals surface area contributed by atoms with Gasteiger partial charge in [0, 0.05) is 13.2 Å². The molecule has 0 heterocycles. The third kappa shape index (κ3) is 34.6. The number of hydrogen-bond donors (Lipinski definition) is 2. The standard InChI is InChI=1S/C39H80O4/c1-3-5-7-9-11-13-15-17-19-21-23-25-27-29-31-33-35-42-39(38(41)37-40)43-36-34-32-30-28-26-24-22-20-18-16-14-12-10-8-6-4-2/h38-41H,3-37H2,1-2H3. The van der Waals surface area contributed by atoms with E-state index in [4.69, 9.17) is 9.47 Å². The summed E-state index contributed by atoms with van der Waals surface area (Å²) < 4.78 is 11.6. The van der Waals surface area contributed by atoms with E-state index in [1.807, 2.05) is 0 Å². The Morgan fingerprint density at radius 3 is 0.767 bits per heavy atom. The number of ether oxygens (including phenoxy) is 2. The molecule has 2 N–H and O–H groups in total. The van der Waals surface area contributed by atoms with Crippen LogP contribution in [0, 0.1) is 0 Å². The second-order valence-electron chi connectivity index (χ2n) is 13.5. The minimum absolute atomic E-state index is 0.317. The van der Waals surface area contributed by atoms with Gasteiger partial charge in [-0.15, -0.1) is 0 Å². The molecule has 1 atom stereocenters. The van der Waals surface area contributed by atoms with E-state index < -0.39 is 12.4 Å². The molecular formula is C39H80O4. The lowest BCUT2D eigenvalue weighted by molar-refractivity contribution is -0.202. The molecule has 0 spiro atoms. The predicted octanol–water partition coefficient (Wildman–Crippen LogP) is 12.2. The van der Waals surface area contributed by atoms with Crippen molar-refractivity contribution in [2.24, 2.45) is 0 Å². The number of rotatable bonds is 38. The lowest BCUT2D eigenvalue weighted by Crippen LogP contribution is -2.35. The van der Waals surface area contributed by atoms with Gasteiger partial charge in [0.15, 0.2) is 6.29 Å². The van der Waals surface area contributed by atoms with Gasteiger partial charge in [-0.1, -0.05) is 206 Å². The molecule has 0 aromatic carbocycles. The number of unbranched alkanes of at least 4 members (excludes halogenated alkanes) is 30. The van der Waals surface area contributed by atoms with Crippen molar-refractivity contribution in [1.29, 1.82) is 0 Å². The van der Waals surface area contributed by atoms with Crippen molar-refractivity contribution < 1.29 is 19.7 Å². The van der Waals surface area contributed by atoms with Crippen LogP contribution in [-0.4, -0.2) is 42.4 Å². The van der Waals surface area contributed by atoms with Crippen LogP contribution in [0.5, 0.6) is 0 Å². The first kappa shape index (κ1) is 42.8. The van der Waals surface area contributed by atoms with Gasteiger partial charge in [-0.25, -0.2) is 0 Å². The molecule has 4 heteroatoms. The average Bonchev–Trinajstić information content (AvgIpc) is 3.02. The average molecular weight is 613 g/mol. The SMILES string of the molecule is CCCCCCCCCCCCCCCCCCOC(OCCCCCCCCCCCCCCCCCC)C(O)CO. The fourth-order valence-corrected chi connectivity index (χ4v) is 6.06. The van der Waals surface area contributed by atoms with Crippen LogP contribution in [0.3, 0.4) is 0 Å². The highest BCUT2D eigenvalue weighted by atomic mass is 16.7. The lowest BCUT2D eigenvalue weighted by Gasteiger charge is -2.22. The van der Waals surface area contributed by atoms with Crippen LogP contribution in [-0.2, 0) is 9.47 Å². The molecule has 0 rings (SSSR count). The molecule has 0 saturated carbocycles. The molecule has 260 valence electrons. The summed E-state index contributed by atoms with van der Waals surface area (Å²) in [5.41, 5.74) is 0. The number of aliphatic hydroxyl groups excluding tert-OH is 2. The molecule has 0 aliphatic rings. The Hall–Kier alpha value is -0.160. The molecule has 0 aromatic rings. The minimum atomic E-state index is -0.956.